The summed E-state index contributed by atoms with van der Waals surface area (Å²) >= 11 is 0. The van der Waals surface area contributed by atoms with E-state index in [1.165, 1.54) is 5.56 Å². The first kappa shape index (κ1) is 21.1. The van der Waals surface area contributed by atoms with Crippen molar-refractivity contribution in [3.05, 3.63) is 41.6 Å². The molecule has 0 aliphatic carbocycles. The highest BCUT2D eigenvalue weighted by molar-refractivity contribution is 5.76. The summed E-state index contributed by atoms with van der Waals surface area (Å²) < 4.78 is 6.22. The van der Waals surface area contributed by atoms with Crippen LogP contribution in [0.4, 0.5) is 11.8 Å². The second-order valence-electron chi connectivity index (χ2n) is 8.04. The van der Waals surface area contributed by atoms with Gasteiger partial charge in [-0.1, -0.05) is 19.1 Å². The van der Waals surface area contributed by atoms with Crippen LogP contribution >= 0.6 is 0 Å². The first-order valence-electron chi connectivity index (χ1n) is 10.4. The summed E-state index contributed by atoms with van der Waals surface area (Å²) in [5.74, 6) is 3.08. The molecule has 1 aliphatic rings. The molecule has 3 rings (SSSR count). The van der Waals surface area contributed by atoms with Crippen LogP contribution in [0.15, 0.2) is 30.5 Å². The molecule has 0 radical (unpaired) electrons. The summed E-state index contributed by atoms with van der Waals surface area (Å²) in [5, 5.41) is 0. The number of nitrogens with zero attached hydrogens (tertiary/aromatic N) is 4. The number of carbonyl (C=O) groups is 1. The van der Waals surface area contributed by atoms with E-state index in [9.17, 15) is 4.79 Å². The van der Waals surface area contributed by atoms with Crippen LogP contribution in [0.3, 0.4) is 0 Å². The molecule has 1 aromatic heterocycles. The van der Waals surface area contributed by atoms with Gasteiger partial charge in [-0.05, 0) is 44.4 Å². The van der Waals surface area contributed by atoms with E-state index in [1.807, 2.05) is 30.3 Å². The maximum absolute atomic E-state index is 11.3. The van der Waals surface area contributed by atoms with E-state index in [0.717, 1.165) is 49.1 Å². The smallest absolute Gasteiger partial charge is 0.227 e. The average molecular weight is 397 g/mol. The molecule has 2 aromatic rings. The van der Waals surface area contributed by atoms with Gasteiger partial charge in [0.2, 0.25) is 5.95 Å². The number of benzene rings is 1. The van der Waals surface area contributed by atoms with Gasteiger partial charge in [0, 0.05) is 44.7 Å². The summed E-state index contributed by atoms with van der Waals surface area (Å²) in [6, 6.07) is 8.16. The molecular weight excluding hydrogens is 364 g/mol. The van der Waals surface area contributed by atoms with Gasteiger partial charge in [-0.25, -0.2) is 4.98 Å². The lowest BCUT2D eigenvalue weighted by molar-refractivity contribution is -0.117. The Morgan fingerprint density at radius 3 is 2.72 bits per heavy atom. The maximum atomic E-state index is 11.3. The Bertz CT molecular complexity index is 837. The van der Waals surface area contributed by atoms with Gasteiger partial charge >= 0.3 is 0 Å². The molecule has 0 saturated carbocycles. The first-order valence-corrected chi connectivity index (χ1v) is 10.4. The zero-order chi connectivity index (χ0) is 21.0. The molecule has 1 saturated heterocycles. The normalized spacial score (nSPS) is 17.3. The Balaban J connectivity index is 1.62. The predicted molar refractivity (Wildman–Crippen MR) is 117 cm³/mol. The minimum Gasteiger partial charge on any atom is -0.489 e. The maximum Gasteiger partial charge on any atom is 0.227 e. The summed E-state index contributed by atoms with van der Waals surface area (Å²) in [4.78, 5) is 24.9. The molecule has 2 heterocycles. The van der Waals surface area contributed by atoms with Gasteiger partial charge in [-0.2, -0.15) is 4.98 Å². The summed E-state index contributed by atoms with van der Waals surface area (Å²) in [7, 11) is 2.01. The highest BCUT2D eigenvalue weighted by Crippen LogP contribution is 2.27. The van der Waals surface area contributed by atoms with Gasteiger partial charge in [0.1, 0.15) is 23.5 Å². The molecule has 1 aliphatic heterocycles. The van der Waals surface area contributed by atoms with E-state index in [-0.39, 0.29) is 17.8 Å². The van der Waals surface area contributed by atoms with Crippen molar-refractivity contribution in [1.82, 2.24) is 9.97 Å². The third-order valence-electron chi connectivity index (χ3n) is 5.54. The van der Waals surface area contributed by atoms with Crippen LogP contribution in [0, 0.1) is 6.92 Å². The van der Waals surface area contributed by atoms with Gasteiger partial charge in [0.05, 0.1) is 6.54 Å². The molecule has 0 bridgehead atoms. The summed E-state index contributed by atoms with van der Waals surface area (Å²) in [6.07, 6.45) is 3.58. The second-order valence-corrected chi connectivity index (χ2v) is 8.04. The zero-order valence-electron chi connectivity index (χ0n) is 18.2. The first-order chi connectivity index (χ1) is 13.9. The van der Waals surface area contributed by atoms with Crippen molar-refractivity contribution in [1.29, 1.82) is 0 Å². The summed E-state index contributed by atoms with van der Waals surface area (Å²) in [6.45, 7) is 10.5. The van der Waals surface area contributed by atoms with Crippen molar-refractivity contribution in [3.63, 3.8) is 0 Å². The molecule has 0 spiro atoms. The van der Waals surface area contributed by atoms with E-state index >= 15 is 0 Å². The molecule has 2 atom stereocenters. The zero-order valence-corrected chi connectivity index (χ0v) is 18.2. The highest BCUT2D eigenvalue weighted by atomic mass is 16.5. The Hall–Kier alpha value is -2.63. The Labute approximate surface area is 173 Å². The topological polar surface area (TPSA) is 58.6 Å². The van der Waals surface area contributed by atoms with E-state index in [2.05, 4.69) is 42.8 Å². The van der Waals surface area contributed by atoms with Crippen LogP contribution in [0.1, 0.15) is 50.7 Å². The number of Topliss-reactive ketones (excluding diaryl/α,β-unsaturated/α-hetero) is 1. The van der Waals surface area contributed by atoms with Crippen molar-refractivity contribution in [2.45, 2.75) is 52.6 Å². The number of anilines is 2. The fourth-order valence-electron chi connectivity index (χ4n) is 3.70. The fraction of sp³-hybridized carbons (Fsp3) is 0.522. The van der Waals surface area contributed by atoms with Crippen LogP contribution in [0.25, 0.3) is 0 Å². The lowest BCUT2D eigenvalue weighted by atomic mass is 9.96. The van der Waals surface area contributed by atoms with Gasteiger partial charge < -0.3 is 19.3 Å². The molecule has 156 valence electrons. The van der Waals surface area contributed by atoms with Crippen LogP contribution in [0.2, 0.25) is 0 Å². The minimum absolute atomic E-state index is 0.136. The molecule has 6 heteroatoms. The summed E-state index contributed by atoms with van der Waals surface area (Å²) in [5.41, 5.74) is 2.26. The standard InChI is InChI=1S/C23H32N4O2/c1-6-26(5)23-24-14-17(3)22(25-23)27-12-11-21(15-27)29-20-9-7-19(8-10-20)16(2)13-18(4)28/h7-10,14,16,21H,6,11-13,15H2,1-5H3/t16-,21-/m1/s1. The van der Waals surface area contributed by atoms with Crippen LogP contribution in [0.5, 0.6) is 5.75 Å². The average Bonchev–Trinajstić information content (AvgIpc) is 3.16. The highest BCUT2D eigenvalue weighted by Gasteiger charge is 2.26. The Morgan fingerprint density at radius 1 is 1.34 bits per heavy atom. The van der Waals surface area contributed by atoms with Crippen LogP contribution in [-0.2, 0) is 4.79 Å². The third-order valence-corrected chi connectivity index (χ3v) is 5.54. The number of aryl methyl sites for hydroxylation is 1. The molecule has 29 heavy (non-hydrogen) atoms. The molecule has 0 unspecified atom stereocenters. The number of aromatic nitrogens is 2. The quantitative estimate of drug-likeness (QED) is 0.673. The van der Waals surface area contributed by atoms with Crippen LogP contribution < -0.4 is 14.5 Å². The van der Waals surface area contributed by atoms with Gasteiger partial charge in [-0.3, -0.25) is 0 Å². The molecule has 1 aromatic carbocycles. The molecule has 6 nitrogen and oxygen atoms in total. The van der Waals surface area contributed by atoms with Gasteiger partial charge in [0.15, 0.2) is 0 Å². The second kappa shape index (κ2) is 9.25. The Kier molecular flexibility index (Phi) is 6.72. The molecule has 1 fully saturated rings. The number of rotatable bonds is 8. The molecular formula is C23H32N4O2. The predicted octanol–water partition coefficient (Wildman–Crippen LogP) is 3.98. The molecule has 0 amide bonds. The van der Waals surface area contributed by atoms with Crippen molar-refractivity contribution >= 4 is 17.5 Å². The van der Waals surface area contributed by atoms with Crippen LogP contribution in [-0.4, -0.2) is 48.5 Å². The largest absolute Gasteiger partial charge is 0.489 e. The number of carbonyl (C=O) groups excluding carboxylic acids is 1. The minimum atomic E-state index is 0.136. The number of hydrogen-bond donors (Lipinski definition) is 0. The van der Waals surface area contributed by atoms with Gasteiger partial charge in [-0.15, -0.1) is 0 Å². The molecule has 0 N–H and O–H groups in total. The van der Waals surface area contributed by atoms with E-state index in [1.54, 1.807) is 6.92 Å². The third kappa shape index (κ3) is 5.25. The number of ether oxygens (including phenoxy) is 1. The SMILES string of the molecule is CCN(C)c1ncc(C)c(N2CC[C@@H](Oc3ccc([C@H](C)CC(C)=O)cc3)C2)n1. The van der Waals surface area contributed by atoms with E-state index in [0.29, 0.717) is 6.42 Å². The Morgan fingerprint density at radius 2 is 2.07 bits per heavy atom. The van der Waals surface area contributed by atoms with Crippen molar-refractivity contribution in [2.24, 2.45) is 0 Å². The van der Waals surface area contributed by atoms with Gasteiger partial charge in [0.25, 0.3) is 0 Å². The van der Waals surface area contributed by atoms with E-state index < -0.39 is 0 Å². The lowest BCUT2D eigenvalue weighted by Crippen LogP contribution is -2.27. The lowest BCUT2D eigenvalue weighted by Gasteiger charge is -2.22. The number of ketones is 1. The van der Waals surface area contributed by atoms with Crippen molar-refractivity contribution in [2.75, 3.05) is 36.5 Å². The number of hydrogen-bond acceptors (Lipinski definition) is 6. The monoisotopic (exact) mass is 396 g/mol. The van der Waals surface area contributed by atoms with Crippen molar-refractivity contribution < 1.29 is 9.53 Å². The van der Waals surface area contributed by atoms with Crippen molar-refractivity contribution in [3.8, 4) is 5.75 Å². The fourth-order valence-corrected chi connectivity index (χ4v) is 3.70. The van der Waals surface area contributed by atoms with E-state index in [4.69, 9.17) is 9.72 Å².